The van der Waals surface area contributed by atoms with Gasteiger partial charge in [0.1, 0.15) is 11.4 Å². The highest BCUT2D eigenvalue weighted by atomic mass is 16.5. The van der Waals surface area contributed by atoms with Crippen molar-refractivity contribution in [2.75, 3.05) is 20.8 Å². The summed E-state index contributed by atoms with van der Waals surface area (Å²) in [4.78, 5) is 12.4. The van der Waals surface area contributed by atoms with Crippen LogP contribution in [-0.4, -0.2) is 36.5 Å². The van der Waals surface area contributed by atoms with E-state index >= 15 is 0 Å². The van der Waals surface area contributed by atoms with Crippen LogP contribution in [0.5, 0.6) is 17.2 Å². The molecule has 0 aliphatic carbocycles. The van der Waals surface area contributed by atoms with Crippen LogP contribution in [0.3, 0.4) is 0 Å². The van der Waals surface area contributed by atoms with Crippen molar-refractivity contribution in [3.05, 3.63) is 71.0 Å². The molecule has 0 saturated heterocycles. The molecular formula is C23H27N3O4. The average Bonchev–Trinajstić information content (AvgIpc) is 3.20. The smallest absolute Gasteiger partial charge is 0.271 e. The lowest BCUT2D eigenvalue weighted by Gasteiger charge is -2.10. The molecule has 1 N–H and O–H groups in total. The van der Waals surface area contributed by atoms with Gasteiger partial charge in [0.05, 0.1) is 14.2 Å². The van der Waals surface area contributed by atoms with E-state index in [2.05, 4.69) is 16.5 Å². The molecule has 0 spiro atoms. The molecule has 0 saturated carbocycles. The van der Waals surface area contributed by atoms with E-state index in [0.717, 1.165) is 22.4 Å². The van der Waals surface area contributed by atoms with E-state index in [1.54, 1.807) is 31.2 Å². The zero-order valence-electron chi connectivity index (χ0n) is 17.8. The van der Waals surface area contributed by atoms with Crippen LogP contribution in [-0.2, 0) is 13.2 Å². The molecule has 2 aromatic carbocycles. The Morgan fingerprint density at radius 2 is 1.73 bits per heavy atom. The van der Waals surface area contributed by atoms with E-state index in [1.807, 2.05) is 44.2 Å². The van der Waals surface area contributed by atoms with Gasteiger partial charge in [0.15, 0.2) is 18.2 Å². The van der Waals surface area contributed by atoms with Crippen LogP contribution in [0.1, 0.15) is 27.2 Å². The van der Waals surface area contributed by atoms with Crippen LogP contribution in [0.4, 0.5) is 0 Å². The number of aromatic nitrogens is 2. The zero-order chi connectivity index (χ0) is 21.5. The number of methoxy groups -OCH3 is 2. The average molecular weight is 409 g/mol. The molecule has 0 unspecified atom stereocenters. The molecule has 3 aromatic rings. The number of carbonyl (C=O) groups is 1. The molecule has 7 nitrogen and oxygen atoms in total. The zero-order valence-corrected chi connectivity index (χ0v) is 17.8. The fraction of sp³-hybridized carbons (Fsp3) is 0.304. The second-order valence-electron chi connectivity index (χ2n) is 7.03. The van der Waals surface area contributed by atoms with Gasteiger partial charge in [-0.2, -0.15) is 5.10 Å². The summed E-state index contributed by atoms with van der Waals surface area (Å²) in [6.45, 7) is 4.78. The van der Waals surface area contributed by atoms with Crippen LogP contribution in [0.15, 0.2) is 48.7 Å². The summed E-state index contributed by atoms with van der Waals surface area (Å²) < 4.78 is 17.9. The first-order valence-corrected chi connectivity index (χ1v) is 9.72. The van der Waals surface area contributed by atoms with Crippen molar-refractivity contribution in [2.45, 2.75) is 27.0 Å². The minimum absolute atomic E-state index is 0.222. The van der Waals surface area contributed by atoms with Crippen molar-refractivity contribution >= 4 is 5.91 Å². The number of hydrogen-bond donors (Lipinski definition) is 1. The summed E-state index contributed by atoms with van der Waals surface area (Å²) >= 11 is 0. The molecule has 3 rings (SSSR count). The lowest BCUT2D eigenvalue weighted by molar-refractivity contribution is 0.0947. The van der Waals surface area contributed by atoms with Crippen LogP contribution in [0.2, 0.25) is 0 Å². The lowest BCUT2D eigenvalue weighted by atomic mass is 10.1. The van der Waals surface area contributed by atoms with Gasteiger partial charge in [-0.05, 0) is 67.3 Å². The molecule has 30 heavy (non-hydrogen) atoms. The Kier molecular flexibility index (Phi) is 6.95. The molecule has 1 aromatic heterocycles. The van der Waals surface area contributed by atoms with Gasteiger partial charge in [0.25, 0.3) is 5.91 Å². The standard InChI is InChI=1S/C23H27N3O4/c1-16-11-17(2)13-19(12-16)30-15-26-10-8-20(25-26)23(27)24-9-7-18-5-6-21(28-3)22(14-18)29-4/h5-6,8,10-14H,7,9,15H2,1-4H3,(H,24,27). The van der Waals surface area contributed by atoms with Crippen molar-refractivity contribution in [2.24, 2.45) is 0 Å². The Bertz CT molecular complexity index is 993. The van der Waals surface area contributed by atoms with Crippen LogP contribution in [0, 0.1) is 13.8 Å². The largest absolute Gasteiger partial charge is 0.493 e. The highest BCUT2D eigenvalue weighted by Crippen LogP contribution is 2.27. The van der Waals surface area contributed by atoms with E-state index in [1.165, 1.54) is 0 Å². The first kappa shape index (κ1) is 21.2. The minimum atomic E-state index is -0.222. The van der Waals surface area contributed by atoms with Gasteiger partial charge < -0.3 is 19.5 Å². The maximum atomic E-state index is 12.4. The number of nitrogens with one attached hydrogen (secondary N) is 1. The normalized spacial score (nSPS) is 10.5. The van der Waals surface area contributed by atoms with Gasteiger partial charge in [-0.3, -0.25) is 4.79 Å². The van der Waals surface area contributed by atoms with Gasteiger partial charge in [0, 0.05) is 12.7 Å². The highest BCUT2D eigenvalue weighted by molar-refractivity contribution is 5.92. The number of aryl methyl sites for hydroxylation is 2. The van der Waals surface area contributed by atoms with Gasteiger partial charge in [0.2, 0.25) is 0 Å². The fourth-order valence-corrected chi connectivity index (χ4v) is 3.16. The number of nitrogens with zero attached hydrogens (tertiary/aromatic N) is 2. The summed E-state index contributed by atoms with van der Waals surface area (Å²) in [6, 6.07) is 13.4. The Morgan fingerprint density at radius 1 is 1.00 bits per heavy atom. The Labute approximate surface area is 176 Å². The molecule has 1 amide bonds. The first-order chi connectivity index (χ1) is 14.5. The number of hydrogen-bond acceptors (Lipinski definition) is 5. The van der Waals surface area contributed by atoms with Gasteiger partial charge in [-0.15, -0.1) is 0 Å². The number of ether oxygens (including phenoxy) is 3. The molecule has 7 heteroatoms. The Balaban J connectivity index is 1.50. The van der Waals surface area contributed by atoms with E-state index in [-0.39, 0.29) is 12.6 Å². The SMILES string of the molecule is COc1ccc(CCNC(=O)c2ccn(COc3cc(C)cc(C)c3)n2)cc1OC. The molecule has 158 valence electrons. The molecule has 0 atom stereocenters. The third kappa shape index (κ3) is 5.53. The number of rotatable bonds is 9. The topological polar surface area (TPSA) is 74.6 Å². The van der Waals surface area contributed by atoms with Crippen molar-refractivity contribution in [3.63, 3.8) is 0 Å². The maximum absolute atomic E-state index is 12.4. The number of benzene rings is 2. The lowest BCUT2D eigenvalue weighted by Crippen LogP contribution is -2.26. The third-order valence-electron chi connectivity index (χ3n) is 4.58. The van der Waals surface area contributed by atoms with Crippen molar-refractivity contribution < 1.29 is 19.0 Å². The number of carbonyl (C=O) groups excluding carboxylic acids is 1. The summed E-state index contributed by atoms with van der Waals surface area (Å²) in [6.07, 6.45) is 2.40. The summed E-state index contributed by atoms with van der Waals surface area (Å²) in [5.74, 6) is 1.91. The Morgan fingerprint density at radius 3 is 2.43 bits per heavy atom. The molecule has 0 aliphatic heterocycles. The van der Waals surface area contributed by atoms with Crippen LogP contribution < -0.4 is 19.5 Å². The summed E-state index contributed by atoms with van der Waals surface area (Å²) in [7, 11) is 3.20. The quantitative estimate of drug-likeness (QED) is 0.585. The summed E-state index contributed by atoms with van der Waals surface area (Å²) in [5.41, 5.74) is 3.67. The maximum Gasteiger partial charge on any atom is 0.271 e. The van der Waals surface area contributed by atoms with Gasteiger partial charge in [-0.25, -0.2) is 4.68 Å². The molecule has 0 bridgehead atoms. The second kappa shape index (κ2) is 9.82. The van der Waals surface area contributed by atoms with E-state index in [4.69, 9.17) is 14.2 Å². The second-order valence-corrected chi connectivity index (χ2v) is 7.03. The molecule has 0 fully saturated rings. The van der Waals surface area contributed by atoms with Crippen molar-refractivity contribution in [1.29, 1.82) is 0 Å². The van der Waals surface area contributed by atoms with Crippen LogP contribution in [0.25, 0.3) is 0 Å². The van der Waals surface area contributed by atoms with Crippen LogP contribution >= 0.6 is 0 Å². The molecule has 0 aliphatic rings. The monoisotopic (exact) mass is 409 g/mol. The summed E-state index contributed by atoms with van der Waals surface area (Å²) in [5, 5.41) is 7.18. The predicted octanol–water partition coefficient (Wildman–Crippen LogP) is 3.53. The predicted molar refractivity (Wildman–Crippen MR) is 114 cm³/mol. The van der Waals surface area contributed by atoms with E-state index in [9.17, 15) is 4.79 Å². The number of amides is 1. The van der Waals surface area contributed by atoms with Gasteiger partial charge in [-0.1, -0.05) is 12.1 Å². The first-order valence-electron chi connectivity index (χ1n) is 9.72. The molecule has 1 heterocycles. The Hall–Kier alpha value is -3.48. The highest BCUT2D eigenvalue weighted by Gasteiger charge is 2.10. The molecular weight excluding hydrogens is 382 g/mol. The van der Waals surface area contributed by atoms with Crippen molar-refractivity contribution in [1.82, 2.24) is 15.1 Å². The van der Waals surface area contributed by atoms with Gasteiger partial charge >= 0.3 is 0 Å². The molecule has 0 radical (unpaired) electrons. The van der Waals surface area contributed by atoms with E-state index in [0.29, 0.717) is 30.2 Å². The van der Waals surface area contributed by atoms with E-state index < -0.39 is 0 Å². The minimum Gasteiger partial charge on any atom is -0.493 e. The third-order valence-corrected chi connectivity index (χ3v) is 4.58. The van der Waals surface area contributed by atoms with Crippen molar-refractivity contribution in [3.8, 4) is 17.2 Å². The fourth-order valence-electron chi connectivity index (χ4n) is 3.16.